The molecule has 1 aliphatic heterocycles. The van der Waals surface area contributed by atoms with Crippen molar-refractivity contribution in [3.05, 3.63) is 29.8 Å². The van der Waals surface area contributed by atoms with Gasteiger partial charge in [-0.25, -0.2) is 0 Å². The molecule has 1 aromatic rings. The molecule has 20 heavy (non-hydrogen) atoms. The van der Waals surface area contributed by atoms with E-state index in [0.717, 1.165) is 25.4 Å². The normalized spacial score (nSPS) is 19.7. The van der Waals surface area contributed by atoms with Crippen LogP contribution in [0.3, 0.4) is 0 Å². The smallest absolute Gasteiger partial charge is 0.120 e. The Labute approximate surface area is 128 Å². The number of hydrogen-bond acceptors (Lipinski definition) is 3. The predicted octanol–water partition coefficient (Wildman–Crippen LogP) is 3.07. The van der Waals surface area contributed by atoms with E-state index < -0.39 is 0 Å². The van der Waals surface area contributed by atoms with Gasteiger partial charge in [0, 0.05) is 13.1 Å². The van der Waals surface area contributed by atoms with E-state index in [9.17, 15) is 0 Å². The van der Waals surface area contributed by atoms with E-state index in [1.165, 1.54) is 24.9 Å². The summed E-state index contributed by atoms with van der Waals surface area (Å²) in [5.74, 6) is 1.64. The summed E-state index contributed by atoms with van der Waals surface area (Å²) in [6.45, 7) is 8.25. The number of halogens is 1. The van der Waals surface area contributed by atoms with E-state index in [-0.39, 0.29) is 18.5 Å². The standard InChI is InChI=1S/C16H26N2O.ClH/c1-13(2)19-16-7-3-5-14(9-16)11-18-8-4-6-15(10-17)12-18;/h3,5,7,9,13,15H,4,6,8,10-12,17H2,1-2H3;1H. The summed E-state index contributed by atoms with van der Waals surface area (Å²) in [6, 6.07) is 8.45. The maximum Gasteiger partial charge on any atom is 0.120 e. The van der Waals surface area contributed by atoms with Gasteiger partial charge in [0.1, 0.15) is 5.75 Å². The lowest BCUT2D eigenvalue weighted by Crippen LogP contribution is -2.37. The molecule has 1 atom stereocenters. The number of ether oxygens (including phenoxy) is 1. The van der Waals surface area contributed by atoms with E-state index in [2.05, 4.69) is 36.9 Å². The van der Waals surface area contributed by atoms with E-state index in [0.29, 0.717) is 5.92 Å². The summed E-state index contributed by atoms with van der Waals surface area (Å²) < 4.78 is 5.75. The molecule has 114 valence electrons. The van der Waals surface area contributed by atoms with Gasteiger partial charge in [-0.2, -0.15) is 0 Å². The topological polar surface area (TPSA) is 38.5 Å². The van der Waals surface area contributed by atoms with Crippen LogP contribution in [0.15, 0.2) is 24.3 Å². The monoisotopic (exact) mass is 298 g/mol. The quantitative estimate of drug-likeness (QED) is 0.908. The summed E-state index contributed by atoms with van der Waals surface area (Å²) in [5, 5.41) is 0. The van der Waals surface area contributed by atoms with Crippen LogP contribution in [0.5, 0.6) is 5.75 Å². The highest BCUT2D eigenvalue weighted by Crippen LogP contribution is 2.20. The van der Waals surface area contributed by atoms with Crippen molar-refractivity contribution in [1.29, 1.82) is 0 Å². The van der Waals surface area contributed by atoms with Gasteiger partial charge in [-0.1, -0.05) is 12.1 Å². The van der Waals surface area contributed by atoms with Gasteiger partial charge in [-0.05, 0) is 63.4 Å². The summed E-state index contributed by atoms with van der Waals surface area (Å²) in [5.41, 5.74) is 7.12. The van der Waals surface area contributed by atoms with Gasteiger partial charge in [-0.15, -0.1) is 12.4 Å². The van der Waals surface area contributed by atoms with E-state index in [1.54, 1.807) is 0 Å². The van der Waals surface area contributed by atoms with Gasteiger partial charge in [0.2, 0.25) is 0 Å². The van der Waals surface area contributed by atoms with Crippen molar-refractivity contribution in [3.8, 4) is 5.75 Å². The van der Waals surface area contributed by atoms with Crippen LogP contribution in [0.25, 0.3) is 0 Å². The molecule has 2 rings (SSSR count). The van der Waals surface area contributed by atoms with Crippen LogP contribution in [-0.4, -0.2) is 30.6 Å². The molecule has 2 N–H and O–H groups in total. The van der Waals surface area contributed by atoms with Crippen molar-refractivity contribution in [2.75, 3.05) is 19.6 Å². The zero-order valence-corrected chi connectivity index (χ0v) is 13.4. The van der Waals surface area contributed by atoms with E-state index in [4.69, 9.17) is 10.5 Å². The lowest BCUT2D eigenvalue weighted by atomic mass is 9.98. The van der Waals surface area contributed by atoms with Crippen LogP contribution in [0.1, 0.15) is 32.3 Å². The van der Waals surface area contributed by atoms with Crippen LogP contribution in [-0.2, 0) is 6.54 Å². The largest absolute Gasteiger partial charge is 0.491 e. The molecule has 1 aromatic carbocycles. The first-order valence-electron chi connectivity index (χ1n) is 7.35. The first-order valence-corrected chi connectivity index (χ1v) is 7.35. The number of hydrogen-bond donors (Lipinski definition) is 1. The summed E-state index contributed by atoms with van der Waals surface area (Å²) in [6.07, 6.45) is 2.78. The summed E-state index contributed by atoms with van der Waals surface area (Å²) in [7, 11) is 0. The molecule has 1 fully saturated rings. The Morgan fingerprint density at radius 3 is 2.90 bits per heavy atom. The van der Waals surface area contributed by atoms with Gasteiger partial charge in [0.15, 0.2) is 0 Å². The number of piperidine rings is 1. The van der Waals surface area contributed by atoms with Crippen LogP contribution < -0.4 is 10.5 Å². The van der Waals surface area contributed by atoms with E-state index >= 15 is 0 Å². The summed E-state index contributed by atoms with van der Waals surface area (Å²) >= 11 is 0. The molecule has 0 amide bonds. The van der Waals surface area contributed by atoms with Crippen LogP contribution >= 0.6 is 12.4 Å². The minimum Gasteiger partial charge on any atom is -0.491 e. The zero-order valence-electron chi connectivity index (χ0n) is 12.5. The number of nitrogens with two attached hydrogens (primary N) is 1. The Balaban J connectivity index is 0.00000200. The second kappa shape index (κ2) is 8.50. The highest BCUT2D eigenvalue weighted by Gasteiger charge is 2.18. The minimum absolute atomic E-state index is 0. The lowest BCUT2D eigenvalue weighted by molar-refractivity contribution is 0.170. The third-order valence-corrected chi connectivity index (χ3v) is 3.61. The first-order chi connectivity index (χ1) is 9.17. The van der Waals surface area contributed by atoms with Crippen molar-refractivity contribution < 1.29 is 4.74 Å². The Morgan fingerprint density at radius 2 is 2.20 bits per heavy atom. The molecule has 0 spiro atoms. The number of nitrogens with zero attached hydrogens (tertiary/aromatic N) is 1. The van der Waals surface area contributed by atoms with Crippen molar-refractivity contribution in [2.24, 2.45) is 11.7 Å². The third kappa shape index (κ3) is 5.31. The molecule has 0 bridgehead atoms. The maximum absolute atomic E-state index is 5.79. The molecule has 1 aliphatic rings. The molecule has 0 aliphatic carbocycles. The molecule has 4 heteroatoms. The second-order valence-corrected chi connectivity index (χ2v) is 5.79. The number of benzene rings is 1. The Hall–Kier alpha value is -0.770. The van der Waals surface area contributed by atoms with Crippen molar-refractivity contribution in [1.82, 2.24) is 4.90 Å². The average Bonchev–Trinajstić information content (AvgIpc) is 2.38. The van der Waals surface area contributed by atoms with Crippen LogP contribution in [0.2, 0.25) is 0 Å². The van der Waals surface area contributed by atoms with Crippen molar-refractivity contribution in [2.45, 2.75) is 39.3 Å². The van der Waals surface area contributed by atoms with Gasteiger partial charge in [0.25, 0.3) is 0 Å². The van der Waals surface area contributed by atoms with Gasteiger partial charge in [0.05, 0.1) is 6.10 Å². The molecule has 0 saturated carbocycles. The molecule has 1 unspecified atom stereocenters. The number of likely N-dealkylation sites (tertiary alicyclic amines) is 1. The summed E-state index contributed by atoms with van der Waals surface area (Å²) in [4.78, 5) is 2.51. The molecule has 0 radical (unpaired) electrons. The van der Waals surface area contributed by atoms with Gasteiger partial charge < -0.3 is 10.5 Å². The van der Waals surface area contributed by atoms with Crippen molar-refractivity contribution >= 4 is 12.4 Å². The number of rotatable bonds is 5. The second-order valence-electron chi connectivity index (χ2n) is 5.79. The molecule has 1 heterocycles. The zero-order chi connectivity index (χ0) is 13.7. The Kier molecular flexibility index (Phi) is 7.35. The fourth-order valence-electron chi connectivity index (χ4n) is 2.73. The minimum atomic E-state index is 0. The fourth-order valence-corrected chi connectivity index (χ4v) is 2.73. The van der Waals surface area contributed by atoms with Crippen molar-refractivity contribution in [3.63, 3.8) is 0 Å². The SMILES string of the molecule is CC(C)Oc1cccc(CN2CCCC(CN)C2)c1.Cl. The fraction of sp³-hybridized carbons (Fsp3) is 0.625. The third-order valence-electron chi connectivity index (χ3n) is 3.61. The molecule has 1 saturated heterocycles. The highest BCUT2D eigenvalue weighted by atomic mass is 35.5. The predicted molar refractivity (Wildman–Crippen MR) is 86.5 cm³/mol. The van der Waals surface area contributed by atoms with Crippen LogP contribution in [0, 0.1) is 5.92 Å². The Bertz CT molecular complexity index is 398. The molecular formula is C16H27ClN2O. The molecule has 3 nitrogen and oxygen atoms in total. The highest BCUT2D eigenvalue weighted by molar-refractivity contribution is 5.85. The average molecular weight is 299 g/mol. The maximum atomic E-state index is 5.79. The molecule has 0 aromatic heterocycles. The van der Waals surface area contributed by atoms with Gasteiger partial charge >= 0.3 is 0 Å². The molecular weight excluding hydrogens is 272 g/mol. The first kappa shape index (κ1) is 17.3. The Morgan fingerprint density at radius 1 is 1.40 bits per heavy atom. The lowest BCUT2D eigenvalue weighted by Gasteiger charge is -2.32. The van der Waals surface area contributed by atoms with Gasteiger partial charge in [-0.3, -0.25) is 4.90 Å². The van der Waals surface area contributed by atoms with Crippen LogP contribution in [0.4, 0.5) is 0 Å². The van der Waals surface area contributed by atoms with E-state index in [1.807, 2.05) is 6.07 Å².